The van der Waals surface area contributed by atoms with Gasteiger partial charge in [0.1, 0.15) is 11.1 Å². The highest BCUT2D eigenvalue weighted by atomic mass is 35.5. The zero-order valence-electron chi connectivity index (χ0n) is 14.6. The number of thioether (sulfide) groups is 1. The molecule has 0 saturated carbocycles. The van der Waals surface area contributed by atoms with E-state index in [1.54, 1.807) is 17.8 Å². The number of amides is 1. The molecule has 1 fully saturated rings. The normalized spacial score (nSPS) is 16.7. The first-order valence-electron chi connectivity index (χ1n) is 8.70. The van der Waals surface area contributed by atoms with Crippen molar-refractivity contribution in [3.63, 3.8) is 0 Å². The van der Waals surface area contributed by atoms with Crippen LogP contribution in [0.5, 0.6) is 5.75 Å². The summed E-state index contributed by atoms with van der Waals surface area (Å²) in [4.78, 5) is 14.9. The van der Waals surface area contributed by atoms with Crippen molar-refractivity contribution in [2.45, 2.75) is 25.1 Å². The Hall–Kier alpha value is -1.36. The lowest BCUT2D eigenvalue weighted by molar-refractivity contribution is 0.0760. The molecule has 0 radical (unpaired) electrons. The maximum atomic E-state index is 13.0. The third-order valence-corrected chi connectivity index (χ3v) is 6.05. The van der Waals surface area contributed by atoms with E-state index in [0.29, 0.717) is 28.8 Å². The van der Waals surface area contributed by atoms with Crippen LogP contribution in [-0.4, -0.2) is 29.7 Å². The first-order valence-corrected chi connectivity index (χ1v) is 10.5. The van der Waals surface area contributed by atoms with Crippen LogP contribution in [0.1, 0.15) is 41.1 Å². The zero-order valence-corrected chi connectivity index (χ0v) is 16.9. The Balaban J connectivity index is 1.73. The maximum Gasteiger partial charge on any atom is 0.255 e. The van der Waals surface area contributed by atoms with Crippen LogP contribution in [0.15, 0.2) is 42.5 Å². The van der Waals surface area contributed by atoms with Gasteiger partial charge in [-0.1, -0.05) is 42.6 Å². The van der Waals surface area contributed by atoms with E-state index in [2.05, 4.69) is 6.92 Å². The number of carbonyl (C=O) groups excluding carboxylic acids is 1. The summed E-state index contributed by atoms with van der Waals surface area (Å²) in [5.41, 5.74) is 1.58. The molecule has 1 atom stereocenters. The van der Waals surface area contributed by atoms with Crippen LogP contribution in [0.2, 0.25) is 10.0 Å². The van der Waals surface area contributed by atoms with E-state index in [4.69, 9.17) is 27.9 Å². The summed E-state index contributed by atoms with van der Waals surface area (Å²) in [6, 6.07) is 12.8. The molecule has 0 spiro atoms. The lowest BCUT2D eigenvalue weighted by Gasteiger charge is -2.25. The fourth-order valence-corrected chi connectivity index (χ4v) is 4.70. The largest absolute Gasteiger partial charge is 0.494 e. The van der Waals surface area contributed by atoms with Crippen molar-refractivity contribution in [3.8, 4) is 5.75 Å². The number of hydrogen-bond acceptors (Lipinski definition) is 3. The molecule has 0 bridgehead atoms. The summed E-state index contributed by atoms with van der Waals surface area (Å²) >= 11 is 14.1. The van der Waals surface area contributed by atoms with Crippen LogP contribution in [0.25, 0.3) is 0 Å². The topological polar surface area (TPSA) is 29.5 Å². The van der Waals surface area contributed by atoms with Gasteiger partial charge in [0.25, 0.3) is 5.91 Å². The van der Waals surface area contributed by atoms with Gasteiger partial charge in [0.05, 0.1) is 6.61 Å². The van der Waals surface area contributed by atoms with Gasteiger partial charge in [-0.15, -0.1) is 11.8 Å². The zero-order chi connectivity index (χ0) is 18.5. The maximum absolute atomic E-state index is 13.0. The van der Waals surface area contributed by atoms with Crippen molar-refractivity contribution >= 4 is 40.9 Å². The minimum absolute atomic E-state index is 0.00567. The number of ether oxygens (including phenoxy) is 1. The fourth-order valence-electron chi connectivity index (χ4n) is 2.83. The molecule has 26 heavy (non-hydrogen) atoms. The first-order chi connectivity index (χ1) is 12.6. The van der Waals surface area contributed by atoms with Crippen molar-refractivity contribution in [1.29, 1.82) is 0 Å². The lowest BCUT2D eigenvalue weighted by Crippen LogP contribution is -2.30. The minimum Gasteiger partial charge on any atom is -0.494 e. The van der Waals surface area contributed by atoms with E-state index >= 15 is 0 Å². The smallest absolute Gasteiger partial charge is 0.255 e. The Bertz CT molecular complexity index is 767. The van der Waals surface area contributed by atoms with E-state index in [0.717, 1.165) is 29.9 Å². The third kappa shape index (κ3) is 4.48. The Labute approximate surface area is 168 Å². The summed E-state index contributed by atoms with van der Waals surface area (Å²) in [5.74, 6) is 1.68. The summed E-state index contributed by atoms with van der Waals surface area (Å²) in [5, 5.41) is 1.10. The molecule has 1 aliphatic heterocycles. The first kappa shape index (κ1) is 19.4. The van der Waals surface area contributed by atoms with Gasteiger partial charge >= 0.3 is 0 Å². The number of benzene rings is 2. The number of carbonyl (C=O) groups is 1. The van der Waals surface area contributed by atoms with Gasteiger partial charge in [0, 0.05) is 33.5 Å². The van der Waals surface area contributed by atoms with E-state index in [1.807, 2.05) is 41.3 Å². The van der Waals surface area contributed by atoms with Gasteiger partial charge in [0.15, 0.2) is 0 Å². The highest BCUT2D eigenvalue weighted by molar-refractivity contribution is 7.99. The average Bonchev–Trinajstić information content (AvgIpc) is 3.11. The number of unbranched alkanes of at least 4 members (excludes halogenated alkanes) is 1. The molecule has 0 unspecified atom stereocenters. The van der Waals surface area contributed by atoms with Gasteiger partial charge in [-0.25, -0.2) is 0 Å². The summed E-state index contributed by atoms with van der Waals surface area (Å²) in [6.07, 6.45) is 2.12. The molecule has 0 N–H and O–H groups in total. The third-order valence-electron chi connectivity index (χ3n) is 4.25. The lowest BCUT2D eigenvalue weighted by atomic mass is 10.1. The van der Waals surface area contributed by atoms with E-state index < -0.39 is 0 Å². The number of hydrogen-bond donors (Lipinski definition) is 0. The average molecular weight is 410 g/mol. The SMILES string of the molecule is CCCCOc1ccc(C(=O)N2CCS[C@@H]2c2ccc(Cl)cc2Cl)cc1. The van der Waals surface area contributed by atoms with Gasteiger partial charge < -0.3 is 9.64 Å². The second-order valence-corrected chi connectivity index (χ2v) is 8.15. The minimum atomic E-state index is -0.0900. The second-order valence-electron chi connectivity index (χ2n) is 6.11. The second kappa shape index (κ2) is 9.03. The Kier molecular flexibility index (Phi) is 6.74. The van der Waals surface area contributed by atoms with Crippen LogP contribution in [0.4, 0.5) is 0 Å². The van der Waals surface area contributed by atoms with Crippen molar-refractivity contribution in [3.05, 3.63) is 63.6 Å². The van der Waals surface area contributed by atoms with Gasteiger partial charge in [0.2, 0.25) is 0 Å². The van der Waals surface area contributed by atoms with Crippen molar-refractivity contribution in [1.82, 2.24) is 4.90 Å². The van der Waals surface area contributed by atoms with Crippen LogP contribution < -0.4 is 4.74 Å². The molecule has 1 aliphatic rings. The standard InChI is InChI=1S/C20H21Cl2NO2S/c1-2-3-11-25-16-7-4-14(5-8-16)19(24)23-10-12-26-20(23)17-9-6-15(21)13-18(17)22/h4-9,13,20H,2-3,10-12H2,1H3/t20-/m1/s1. The molecule has 0 aliphatic carbocycles. The molecule has 2 aromatic carbocycles. The van der Waals surface area contributed by atoms with Crippen molar-refractivity contribution in [2.75, 3.05) is 18.9 Å². The Morgan fingerprint density at radius 2 is 2.00 bits per heavy atom. The molecule has 1 heterocycles. The molecular formula is C20H21Cl2NO2S. The predicted octanol–water partition coefficient (Wildman–Crippen LogP) is 6.06. The molecule has 138 valence electrons. The quantitative estimate of drug-likeness (QED) is 0.542. The van der Waals surface area contributed by atoms with Crippen molar-refractivity contribution in [2.24, 2.45) is 0 Å². The fraction of sp³-hybridized carbons (Fsp3) is 0.350. The monoisotopic (exact) mass is 409 g/mol. The molecule has 6 heteroatoms. The highest BCUT2D eigenvalue weighted by Gasteiger charge is 2.32. The van der Waals surface area contributed by atoms with E-state index in [-0.39, 0.29) is 11.3 Å². The predicted molar refractivity (Wildman–Crippen MR) is 110 cm³/mol. The molecule has 3 nitrogen and oxygen atoms in total. The Morgan fingerprint density at radius 3 is 2.69 bits per heavy atom. The number of rotatable bonds is 6. The van der Waals surface area contributed by atoms with Crippen LogP contribution in [0.3, 0.4) is 0 Å². The Morgan fingerprint density at radius 1 is 1.23 bits per heavy atom. The highest BCUT2D eigenvalue weighted by Crippen LogP contribution is 2.42. The summed E-state index contributed by atoms with van der Waals surface area (Å²) in [7, 11) is 0. The molecule has 2 aromatic rings. The van der Waals surface area contributed by atoms with Crippen molar-refractivity contribution < 1.29 is 9.53 Å². The van der Waals surface area contributed by atoms with Crippen LogP contribution in [-0.2, 0) is 0 Å². The van der Waals surface area contributed by atoms with E-state index in [9.17, 15) is 4.79 Å². The number of halogens is 2. The molecule has 3 rings (SSSR count). The molecule has 1 amide bonds. The summed E-state index contributed by atoms with van der Waals surface area (Å²) in [6.45, 7) is 3.52. The van der Waals surface area contributed by atoms with Gasteiger partial charge in [-0.3, -0.25) is 4.79 Å². The van der Waals surface area contributed by atoms with E-state index in [1.165, 1.54) is 0 Å². The van der Waals surface area contributed by atoms with Crippen LogP contribution >= 0.6 is 35.0 Å². The molecular weight excluding hydrogens is 389 g/mol. The van der Waals surface area contributed by atoms with Crippen LogP contribution in [0, 0.1) is 0 Å². The molecule has 0 aromatic heterocycles. The molecule has 1 saturated heterocycles. The number of nitrogens with zero attached hydrogens (tertiary/aromatic N) is 1. The van der Waals surface area contributed by atoms with Gasteiger partial charge in [-0.2, -0.15) is 0 Å². The van der Waals surface area contributed by atoms with Gasteiger partial charge in [-0.05, 0) is 42.8 Å². The summed E-state index contributed by atoms with van der Waals surface area (Å²) < 4.78 is 5.67.